The van der Waals surface area contributed by atoms with E-state index in [2.05, 4.69) is 27.9 Å². The van der Waals surface area contributed by atoms with E-state index >= 15 is 0 Å². The molecule has 126 valence electrons. The first kappa shape index (κ1) is 16.8. The Morgan fingerprint density at radius 3 is 2.71 bits per heavy atom. The minimum Gasteiger partial charge on any atom is -0.394 e. The lowest BCUT2D eigenvalue weighted by Crippen LogP contribution is -2.14. The monoisotopic (exact) mass is 342 g/mol. The summed E-state index contributed by atoms with van der Waals surface area (Å²) in [4.78, 5) is 4.69. The third kappa shape index (κ3) is 3.72. The molecule has 3 rings (SSSR count). The van der Waals surface area contributed by atoms with E-state index < -0.39 is 0 Å². The molecule has 3 aromatic rings. The molecule has 0 aliphatic carbocycles. The van der Waals surface area contributed by atoms with Crippen LogP contribution in [0.1, 0.15) is 22.0 Å². The van der Waals surface area contributed by atoms with Crippen LogP contribution >= 0.6 is 11.3 Å². The maximum Gasteiger partial charge on any atom is 0.107 e. The summed E-state index contributed by atoms with van der Waals surface area (Å²) >= 11 is 1.67. The highest BCUT2D eigenvalue weighted by molar-refractivity contribution is 7.09. The average molecular weight is 342 g/mol. The Morgan fingerprint density at radius 2 is 1.96 bits per heavy atom. The van der Waals surface area contributed by atoms with Crippen molar-refractivity contribution in [1.29, 1.82) is 0 Å². The molecule has 0 aliphatic heterocycles. The van der Waals surface area contributed by atoms with Gasteiger partial charge in [0.05, 0.1) is 24.5 Å². The van der Waals surface area contributed by atoms with Crippen LogP contribution in [0.5, 0.6) is 0 Å². The summed E-state index contributed by atoms with van der Waals surface area (Å²) in [6.07, 6.45) is 0. The third-order valence-corrected chi connectivity index (χ3v) is 4.89. The number of aliphatic hydroxyl groups excluding tert-OH is 1. The zero-order valence-electron chi connectivity index (χ0n) is 14.0. The van der Waals surface area contributed by atoms with Crippen LogP contribution in [0.15, 0.2) is 35.7 Å². The van der Waals surface area contributed by atoms with Gasteiger partial charge in [0.15, 0.2) is 0 Å². The Hall–Kier alpha value is -2.02. The molecule has 0 amide bonds. The molecule has 0 radical (unpaired) electrons. The second kappa shape index (κ2) is 7.70. The Balaban J connectivity index is 1.60. The lowest BCUT2D eigenvalue weighted by atomic mass is 10.2. The number of aliphatic hydroxyl groups is 1. The zero-order chi connectivity index (χ0) is 16.9. The molecule has 0 saturated heterocycles. The summed E-state index contributed by atoms with van der Waals surface area (Å²) in [6, 6.07) is 10.2. The van der Waals surface area contributed by atoms with Crippen molar-refractivity contribution in [3.05, 3.63) is 57.7 Å². The van der Waals surface area contributed by atoms with Crippen LogP contribution < -0.4 is 5.32 Å². The summed E-state index contributed by atoms with van der Waals surface area (Å²) < 4.78 is 1.86. The highest BCUT2D eigenvalue weighted by atomic mass is 32.1. The smallest absolute Gasteiger partial charge is 0.107 e. The number of hydrogen-bond donors (Lipinski definition) is 2. The fourth-order valence-electron chi connectivity index (χ4n) is 2.73. The molecule has 0 bridgehead atoms. The van der Waals surface area contributed by atoms with Gasteiger partial charge in [-0.3, -0.25) is 4.68 Å². The predicted octanol–water partition coefficient (Wildman–Crippen LogP) is 2.91. The predicted molar refractivity (Wildman–Crippen MR) is 96.9 cm³/mol. The fourth-order valence-corrected chi connectivity index (χ4v) is 3.50. The van der Waals surface area contributed by atoms with Crippen molar-refractivity contribution >= 4 is 11.3 Å². The Labute approximate surface area is 146 Å². The number of hydrogen-bond acceptors (Lipinski definition) is 5. The van der Waals surface area contributed by atoms with Crippen molar-refractivity contribution in [2.45, 2.75) is 33.5 Å². The van der Waals surface area contributed by atoms with E-state index in [1.54, 1.807) is 11.3 Å². The van der Waals surface area contributed by atoms with Gasteiger partial charge >= 0.3 is 0 Å². The molecular formula is C18H22N4OS. The minimum absolute atomic E-state index is 0.107. The molecule has 1 aromatic carbocycles. The zero-order valence-corrected chi connectivity index (χ0v) is 14.8. The lowest BCUT2D eigenvalue weighted by Gasteiger charge is -2.05. The first-order valence-corrected chi connectivity index (χ1v) is 8.91. The van der Waals surface area contributed by atoms with Gasteiger partial charge < -0.3 is 10.4 Å². The van der Waals surface area contributed by atoms with Crippen molar-refractivity contribution in [1.82, 2.24) is 20.1 Å². The average Bonchev–Trinajstić information content (AvgIpc) is 3.16. The first-order chi connectivity index (χ1) is 11.7. The molecule has 24 heavy (non-hydrogen) atoms. The Bertz CT molecular complexity index is 795. The van der Waals surface area contributed by atoms with Gasteiger partial charge in [-0.25, -0.2) is 4.98 Å². The van der Waals surface area contributed by atoms with Gasteiger partial charge in [-0.2, -0.15) is 5.10 Å². The van der Waals surface area contributed by atoms with E-state index in [0.29, 0.717) is 6.54 Å². The van der Waals surface area contributed by atoms with E-state index in [9.17, 15) is 0 Å². The van der Waals surface area contributed by atoms with Crippen molar-refractivity contribution in [3.63, 3.8) is 0 Å². The quantitative estimate of drug-likeness (QED) is 0.693. The van der Waals surface area contributed by atoms with Crippen LogP contribution in [-0.2, 0) is 19.6 Å². The van der Waals surface area contributed by atoms with E-state index in [4.69, 9.17) is 10.1 Å². The van der Waals surface area contributed by atoms with Gasteiger partial charge in [-0.05, 0) is 13.8 Å². The number of thiazole rings is 1. The number of aromatic nitrogens is 3. The normalized spacial score (nSPS) is 11.1. The molecule has 2 aromatic heterocycles. The Morgan fingerprint density at radius 1 is 1.17 bits per heavy atom. The summed E-state index contributed by atoms with van der Waals surface area (Å²) in [5.74, 6) is 0. The fraction of sp³-hybridized carbons (Fsp3) is 0.333. The van der Waals surface area contributed by atoms with Crippen LogP contribution in [0, 0.1) is 13.8 Å². The van der Waals surface area contributed by atoms with E-state index in [0.717, 1.165) is 40.7 Å². The van der Waals surface area contributed by atoms with Crippen molar-refractivity contribution in [2.24, 2.45) is 0 Å². The van der Waals surface area contributed by atoms with Crippen molar-refractivity contribution in [2.75, 3.05) is 6.61 Å². The molecule has 0 unspecified atom stereocenters. The molecule has 0 atom stereocenters. The first-order valence-electron chi connectivity index (χ1n) is 8.03. The minimum atomic E-state index is 0.107. The van der Waals surface area contributed by atoms with Crippen LogP contribution in [0.3, 0.4) is 0 Å². The summed E-state index contributed by atoms with van der Waals surface area (Å²) in [5.41, 5.74) is 5.50. The molecule has 0 aliphatic rings. The second-order valence-corrected chi connectivity index (χ2v) is 6.63. The maximum atomic E-state index is 9.08. The maximum absolute atomic E-state index is 9.08. The number of aryl methyl sites for hydroxylation is 1. The number of nitrogens with one attached hydrogen (secondary N) is 1. The van der Waals surface area contributed by atoms with Gasteiger partial charge in [-0.1, -0.05) is 30.3 Å². The van der Waals surface area contributed by atoms with Crippen molar-refractivity contribution in [3.8, 4) is 11.3 Å². The molecular weight excluding hydrogens is 320 g/mol. The van der Waals surface area contributed by atoms with Crippen LogP contribution in [0.25, 0.3) is 11.3 Å². The summed E-state index contributed by atoms with van der Waals surface area (Å²) in [6.45, 7) is 6.19. The SMILES string of the molecule is Cc1nn(CCO)c(C)c1CNCc1nc(-c2ccccc2)cs1. The van der Waals surface area contributed by atoms with Crippen molar-refractivity contribution < 1.29 is 5.11 Å². The van der Waals surface area contributed by atoms with E-state index in [-0.39, 0.29) is 6.61 Å². The third-order valence-electron chi connectivity index (χ3n) is 4.04. The number of rotatable bonds is 7. The molecule has 5 nitrogen and oxygen atoms in total. The largest absolute Gasteiger partial charge is 0.394 e. The number of nitrogens with zero attached hydrogens (tertiary/aromatic N) is 3. The van der Waals surface area contributed by atoms with Gasteiger partial charge in [0.2, 0.25) is 0 Å². The molecule has 2 N–H and O–H groups in total. The lowest BCUT2D eigenvalue weighted by molar-refractivity contribution is 0.267. The van der Waals surface area contributed by atoms with E-state index in [1.165, 1.54) is 5.56 Å². The van der Waals surface area contributed by atoms with Gasteiger partial charge in [0.1, 0.15) is 5.01 Å². The molecule has 0 spiro atoms. The highest BCUT2D eigenvalue weighted by Crippen LogP contribution is 2.21. The second-order valence-electron chi connectivity index (χ2n) is 5.69. The summed E-state index contributed by atoms with van der Waals surface area (Å²) in [5, 5.41) is 20.2. The molecule has 2 heterocycles. The van der Waals surface area contributed by atoms with Gasteiger partial charge in [0.25, 0.3) is 0 Å². The van der Waals surface area contributed by atoms with Gasteiger partial charge in [0, 0.05) is 35.3 Å². The topological polar surface area (TPSA) is 63.0 Å². The van der Waals surface area contributed by atoms with Gasteiger partial charge in [-0.15, -0.1) is 11.3 Å². The van der Waals surface area contributed by atoms with E-state index in [1.807, 2.05) is 36.7 Å². The Kier molecular flexibility index (Phi) is 5.40. The molecule has 0 saturated carbocycles. The highest BCUT2D eigenvalue weighted by Gasteiger charge is 2.11. The molecule has 6 heteroatoms. The van der Waals surface area contributed by atoms with Crippen LogP contribution in [0.4, 0.5) is 0 Å². The van der Waals surface area contributed by atoms with Crippen LogP contribution in [-0.4, -0.2) is 26.5 Å². The summed E-state index contributed by atoms with van der Waals surface area (Å²) in [7, 11) is 0. The van der Waals surface area contributed by atoms with Crippen LogP contribution in [0.2, 0.25) is 0 Å². The standard InChI is InChI=1S/C18H22N4OS/c1-13-16(14(2)22(21-13)8-9-23)10-19-11-18-20-17(12-24-18)15-6-4-3-5-7-15/h3-7,12,19,23H,8-11H2,1-2H3. The molecule has 0 fully saturated rings. The number of benzene rings is 1.